The van der Waals surface area contributed by atoms with E-state index in [9.17, 15) is 24.0 Å². The van der Waals surface area contributed by atoms with Gasteiger partial charge in [-0.15, -0.1) is 0 Å². The first-order valence-electron chi connectivity index (χ1n) is 17.0. The summed E-state index contributed by atoms with van der Waals surface area (Å²) in [6.07, 6.45) is 1.06. The number of aliphatic imine (C=N–C) groups is 2. The van der Waals surface area contributed by atoms with Crippen molar-refractivity contribution < 1.29 is 24.0 Å². The molecular formula is C36H48IN11O5. The average molecular weight is 842 g/mol. The number of carbonyl (C=O) groups excluding carboxylic acids is 5. The Labute approximate surface area is 321 Å². The van der Waals surface area contributed by atoms with Gasteiger partial charge >= 0.3 is 0 Å². The molecule has 0 saturated carbocycles. The van der Waals surface area contributed by atoms with Gasteiger partial charge in [-0.1, -0.05) is 54.6 Å². The van der Waals surface area contributed by atoms with Gasteiger partial charge in [0.25, 0.3) is 0 Å². The largest absolute Gasteiger partial charge is 0.370 e. The Hall–Kier alpha value is -5.46. The Kier molecular flexibility index (Phi) is 16.7. The van der Waals surface area contributed by atoms with Crippen LogP contribution >= 0.6 is 22.6 Å². The van der Waals surface area contributed by atoms with E-state index in [0.29, 0.717) is 12.8 Å². The van der Waals surface area contributed by atoms with Gasteiger partial charge < -0.3 is 49.9 Å². The number of nitrogens with zero attached hydrogens (tertiary/aromatic N) is 2. The SMILES string of the molecule is CC(=O)N[C@H](Cc1ccc(I)cc1)C(=O)N[C@@H](CCCN=C(N)N)C(=O)N[C@@H](Cc1ccc2ccccc2c1)C(=O)N[C@H](CCCN=C(N)N)C(N)=O. The van der Waals surface area contributed by atoms with Crippen molar-refractivity contribution >= 4 is 74.8 Å². The second-order valence-electron chi connectivity index (χ2n) is 12.5. The molecule has 0 aromatic heterocycles. The maximum atomic E-state index is 14.0. The van der Waals surface area contributed by atoms with Crippen molar-refractivity contribution in [2.75, 3.05) is 13.1 Å². The maximum absolute atomic E-state index is 14.0. The molecule has 0 radical (unpaired) electrons. The van der Waals surface area contributed by atoms with Crippen LogP contribution in [0.3, 0.4) is 0 Å². The number of hydrogen-bond donors (Lipinski definition) is 9. The molecule has 3 rings (SSSR count). The molecule has 53 heavy (non-hydrogen) atoms. The third-order valence-corrected chi connectivity index (χ3v) is 8.84. The van der Waals surface area contributed by atoms with Crippen LogP contribution in [0.2, 0.25) is 0 Å². The van der Waals surface area contributed by atoms with Gasteiger partial charge in [-0.25, -0.2) is 0 Å². The van der Waals surface area contributed by atoms with Gasteiger partial charge in [0.05, 0.1) is 0 Å². The van der Waals surface area contributed by atoms with Gasteiger partial charge in [0.1, 0.15) is 24.2 Å². The number of carbonyl (C=O) groups is 5. The van der Waals surface area contributed by atoms with Gasteiger partial charge in [-0.3, -0.25) is 34.0 Å². The lowest BCUT2D eigenvalue weighted by Crippen LogP contribution is -2.58. The van der Waals surface area contributed by atoms with E-state index in [2.05, 4.69) is 53.8 Å². The predicted octanol–water partition coefficient (Wildman–Crippen LogP) is -0.219. The summed E-state index contributed by atoms with van der Waals surface area (Å²) in [5, 5.41) is 12.8. The number of rotatable bonds is 20. The molecule has 4 atom stereocenters. The van der Waals surface area contributed by atoms with E-state index in [4.69, 9.17) is 28.7 Å². The van der Waals surface area contributed by atoms with Crippen LogP contribution in [0, 0.1) is 3.57 Å². The van der Waals surface area contributed by atoms with E-state index in [1.165, 1.54) is 6.92 Å². The van der Waals surface area contributed by atoms with E-state index in [1.807, 2.05) is 66.7 Å². The van der Waals surface area contributed by atoms with Gasteiger partial charge in [-0.05, 0) is 82.3 Å². The number of benzene rings is 3. The van der Waals surface area contributed by atoms with Crippen molar-refractivity contribution in [3.8, 4) is 0 Å². The zero-order chi connectivity index (χ0) is 38.9. The van der Waals surface area contributed by atoms with E-state index in [1.54, 1.807) is 0 Å². The second kappa shape index (κ2) is 21.2. The quantitative estimate of drug-likeness (QED) is 0.0314. The fourth-order valence-electron chi connectivity index (χ4n) is 5.50. The number of hydrogen-bond acceptors (Lipinski definition) is 7. The molecule has 17 heteroatoms. The molecule has 0 aliphatic rings. The highest BCUT2D eigenvalue weighted by Crippen LogP contribution is 2.17. The molecule has 3 aromatic rings. The summed E-state index contributed by atoms with van der Waals surface area (Å²) in [6, 6.07) is 16.3. The van der Waals surface area contributed by atoms with Crippen LogP contribution in [-0.2, 0) is 36.8 Å². The molecule has 3 aromatic carbocycles. The van der Waals surface area contributed by atoms with Crippen LogP contribution in [0.4, 0.5) is 0 Å². The Bertz CT molecular complexity index is 1790. The number of primary amides is 1. The zero-order valence-electron chi connectivity index (χ0n) is 29.5. The number of fused-ring (bicyclic) bond motifs is 1. The predicted molar refractivity (Wildman–Crippen MR) is 213 cm³/mol. The van der Waals surface area contributed by atoms with Crippen molar-refractivity contribution in [1.29, 1.82) is 0 Å². The van der Waals surface area contributed by atoms with E-state index in [-0.39, 0.29) is 50.7 Å². The topological polar surface area (TPSA) is 288 Å². The van der Waals surface area contributed by atoms with E-state index >= 15 is 0 Å². The third-order valence-electron chi connectivity index (χ3n) is 8.12. The number of nitrogens with two attached hydrogens (primary N) is 5. The molecule has 5 amide bonds. The van der Waals surface area contributed by atoms with Gasteiger partial charge in [0.15, 0.2) is 11.9 Å². The summed E-state index contributed by atoms with van der Waals surface area (Å²) < 4.78 is 1.000. The monoisotopic (exact) mass is 841 g/mol. The Morgan fingerprint density at radius 2 is 1.08 bits per heavy atom. The second-order valence-corrected chi connectivity index (χ2v) is 13.7. The molecule has 0 aliphatic heterocycles. The molecule has 0 spiro atoms. The number of guanidine groups is 2. The first-order chi connectivity index (χ1) is 25.2. The minimum atomic E-state index is -1.20. The minimum absolute atomic E-state index is 0.0396. The molecule has 16 nitrogen and oxygen atoms in total. The summed E-state index contributed by atoms with van der Waals surface area (Å²) in [6.45, 7) is 1.67. The fourth-order valence-corrected chi connectivity index (χ4v) is 5.86. The molecule has 0 unspecified atom stereocenters. The van der Waals surface area contributed by atoms with Crippen molar-refractivity contribution in [3.05, 3.63) is 81.4 Å². The van der Waals surface area contributed by atoms with Gasteiger partial charge in [-0.2, -0.15) is 0 Å². The molecule has 0 bridgehead atoms. The van der Waals surface area contributed by atoms with Crippen molar-refractivity contribution in [1.82, 2.24) is 21.3 Å². The molecular weight excluding hydrogens is 793 g/mol. The lowest BCUT2D eigenvalue weighted by atomic mass is 9.99. The van der Waals surface area contributed by atoms with Crippen molar-refractivity contribution in [2.24, 2.45) is 38.7 Å². The van der Waals surface area contributed by atoms with Crippen LogP contribution in [0.1, 0.15) is 43.7 Å². The standard InChI is InChI=1S/C36H48IN11O5/c1-21(49)45-29(19-22-11-14-26(37)15-12-22)33(52)47-28(9-5-17-44-36(41)42)32(51)48-30(20-23-10-13-24-6-2-3-7-25(24)18-23)34(53)46-27(31(38)50)8-4-16-43-35(39)40/h2-3,6-7,10-15,18,27-30H,4-5,8-9,16-17,19-20H2,1H3,(H2,38,50)(H,45,49)(H,46,53)(H,47,52)(H,48,51)(H4,39,40,43)(H4,41,42,44)/t27-,28+,29-,30+/m1/s1. The molecule has 14 N–H and O–H groups in total. The summed E-state index contributed by atoms with van der Waals surface area (Å²) in [7, 11) is 0. The molecule has 0 heterocycles. The Morgan fingerprint density at radius 3 is 1.64 bits per heavy atom. The highest BCUT2D eigenvalue weighted by molar-refractivity contribution is 14.1. The highest BCUT2D eigenvalue weighted by atomic mass is 127. The van der Waals surface area contributed by atoms with Crippen molar-refractivity contribution in [2.45, 2.75) is 69.6 Å². The first-order valence-corrected chi connectivity index (χ1v) is 18.1. The van der Waals surface area contributed by atoms with E-state index < -0.39 is 53.7 Å². The fraction of sp³-hybridized carbons (Fsp3) is 0.361. The third kappa shape index (κ3) is 15.0. The lowest BCUT2D eigenvalue weighted by Gasteiger charge is -2.26. The lowest BCUT2D eigenvalue weighted by molar-refractivity contribution is -0.134. The Morgan fingerprint density at radius 1 is 0.604 bits per heavy atom. The first kappa shape index (κ1) is 42.0. The van der Waals surface area contributed by atoms with E-state index in [0.717, 1.165) is 25.5 Å². The van der Waals surface area contributed by atoms with Crippen LogP contribution in [0.5, 0.6) is 0 Å². The summed E-state index contributed by atoms with van der Waals surface area (Å²) in [5.41, 5.74) is 28.9. The van der Waals surface area contributed by atoms with Crippen LogP contribution in [-0.4, -0.2) is 78.7 Å². The average Bonchev–Trinajstić information content (AvgIpc) is 3.10. The molecule has 0 fully saturated rings. The van der Waals surface area contributed by atoms with Gasteiger partial charge in [0.2, 0.25) is 29.5 Å². The number of amides is 5. The van der Waals surface area contributed by atoms with Crippen LogP contribution in [0.25, 0.3) is 10.8 Å². The number of nitrogens with one attached hydrogen (secondary N) is 4. The normalized spacial score (nSPS) is 13.0. The van der Waals surface area contributed by atoms with Gasteiger partial charge in [0, 0.05) is 36.4 Å². The zero-order valence-corrected chi connectivity index (χ0v) is 31.7. The Balaban J connectivity index is 1.90. The highest BCUT2D eigenvalue weighted by Gasteiger charge is 2.31. The van der Waals surface area contributed by atoms with Crippen molar-refractivity contribution in [3.63, 3.8) is 0 Å². The minimum Gasteiger partial charge on any atom is -0.370 e. The van der Waals surface area contributed by atoms with Crippen LogP contribution < -0.4 is 49.9 Å². The summed E-state index contributed by atoms with van der Waals surface area (Å²) >= 11 is 2.17. The molecule has 0 saturated heterocycles. The van der Waals surface area contributed by atoms with Crippen LogP contribution in [0.15, 0.2) is 76.7 Å². The summed E-state index contributed by atoms with van der Waals surface area (Å²) in [4.78, 5) is 73.9. The molecule has 284 valence electrons. The smallest absolute Gasteiger partial charge is 0.243 e. The number of halogens is 1. The summed E-state index contributed by atoms with van der Waals surface area (Å²) in [5.74, 6) is -3.40. The molecule has 0 aliphatic carbocycles. The maximum Gasteiger partial charge on any atom is 0.243 e.